The summed E-state index contributed by atoms with van der Waals surface area (Å²) in [5, 5.41) is 2.42. The fraction of sp³-hybridized carbons (Fsp3) is 0.323. The molecule has 14 heteroatoms. The Morgan fingerprint density at radius 2 is 1.71 bits per heavy atom. The summed E-state index contributed by atoms with van der Waals surface area (Å²) in [4.78, 5) is 38.7. The number of rotatable bonds is 9. The normalized spacial score (nSPS) is 20.6. The van der Waals surface area contributed by atoms with Crippen LogP contribution in [0.4, 0.5) is 32.0 Å². The maximum Gasteiger partial charge on any atom is 0.416 e. The van der Waals surface area contributed by atoms with Crippen LogP contribution in [-0.4, -0.2) is 34.5 Å². The molecular formula is C31H22Cl3F6NO4. The molecule has 1 amide bonds. The zero-order valence-electron chi connectivity index (χ0n) is 22.9. The number of hydrogen-bond acceptors (Lipinski definition) is 4. The zero-order chi connectivity index (χ0) is 32.8. The number of amides is 1. The number of alkyl halides is 5. The Morgan fingerprint density at radius 3 is 2.38 bits per heavy atom. The van der Waals surface area contributed by atoms with Gasteiger partial charge in [-0.1, -0.05) is 17.7 Å². The van der Waals surface area contributed by atoms with Gasteiger partial charge in [-0.2, -0.15) is 13.2 Å². The second-order valence-electron chi connectivity index (χ2n) is 10.8. The number of ether oxygens (including phenoxy) is 1. The number of benzene rings is 3. The molecule has 1 aliphatic heterocycles. The van der Waals surface area contributed by atoms with Crippen molar-refractivity contribution in [3.63, 3.8) is 0 Å². The lowest BCUT2D eigenvalue weighted by atomic mass is 9.96. The van der Waals surface area contributed by atoms with Gasteiger partial charge in [-0.15, -0.1) is 23.2 Å². The van der Waals surface area contributed by atoms with Crippen molar-refractivity contribution in [3.8, 4) is 0 Å². The Hall–Kier alpha value is -3.12. The highest BCUT2D eigenvalue weighted by atomic mass is 35.5. The molecule has 1 heterocycles. The van der Waals surface area contributed by atoms with Crippen LogP contribution < -0.4 is 5.32 Å². The Bertz CT molecular complexity index is 1690. The molecule has 3 aromatic carbocycles. The van der Waals surface area contributed by atoms with Gasteiger partial charge in [0.25, 0.3) is 0 Å². The number of hydrogen-bond donors (Lipinski definition) is 1. The summed E-state index contributed by atoms with van der Waals surface area (Å²) in [6.07, 6.45) is -5.60. The molecule has 1 aliphatic carbocycles. The molecule has 3 aromatic rings. The summed E-state index contributed by atoms with van der Waals surface area (Å²) in [5.41, 5.74) is -2.28. The first-order valence-electron chi connectivity index (χ1n) is 13.6. The molecule has 1 saturated carbocycles. The number of anilines is 1. The van der Waals surface area contributed by atoms with E-state index < -0.39 is 87.3 Å². The second-order valence-corrected chi connectivity index (χ2v) is 12.7. The van der Waals surface area contributed by atoms with Crippen molar-refractivity contribution in [2.24, 2.45) is 5.92 Å². The largest absolute Gasteiger partial charge is 0.416 e. The molecule has 5 rings (SSSR count). The van der Waals surface area contributed by atoms with Gasteiger partial charge in [0.05, 0.1) is 16.5 Å². The molecule has 0 spiro atoms. The Balaban J connectivity index is 1.31. The van der Waals surface area contributed by atoms with Gasteiger partial charge in [0.2, 0.25) is 5.91 Å². The van der Waals surface area contributed by atoms with Crippen LogP contribution in [-0.2, 0) is 33.3 Å². The third-order valence-electron chi connectivity index (χ3n) is 7.73. The SMILES string of the molecule is O=C(Cc1ccc(F)c(CC(=O)C2CCCO2)c1F)c1cc(NC(=O)[C@H]2[C@H](c3cc(F)cc(C(F)(F)F)c3)C2(Cl)Cl)ccc1Cl. The molecule has 0 radical (unpaired) electrons. The number of halogens is 9. The third-order valence-corrected chi connectivity index (χ3v) is 9.00. The van der Waals surface area contributed by atoms with Gasteiger partial charge in [-0.25, -0.2) is 13.2 Å². The van der Waals surface area contributed by atoms with Crippen molar-refractivity contribution >= 4 is 58.0 Å². The van der Waals surface area contributed by atoms with Crippen LogP contribution in [0.5, 0.6) is 0 Å². The molecule has 1 N–H and O–H groups in total. The predicted molar refractivity (Wildman–Crippen MR) is 154 cm³/mol. The van der Waals surface area contributed by atoms with Crippen LogP contribution in [0.15, 0.2) is 48.5 Å². The van der Waals surface area contributed by atoms with E-state index in [1.54, 1.807) is 0 Å². The fourth-order valence-electron chi connectivity index (χ4n) is 5.39. The monoisotopic (exact) mass is 691 g/mol. The molecule has 1 saturated heterocycles. The molecule has 45 heavy (non-hydrogen) atoms. The van der Waals surface area contributed by atoms with Crippen molar-refractivity contribution in [2.45, 2.75) is 48.2 Å². The average molecular weight is 693 g/mol. The first kappa shape index (κ1) is 33.2. The maximum atomic E-state index is 15.3. The summed E-state index contributed by atoms with van der Waals surface area (Å²) < 4.78 is 86.8. The number of nitrogens with one attached hydrogen (secondary N) is 1. The van der Waals surface area contributed by atoms with Gasteiger partial charge < -0.3 is 10.1 Å². The Morgan fingerprint density at radius 1 is 0.978 bits per heavy atom. The minimum absolute atomic E-state index is 0.0279. The van der Waals surface area contributed by atoms with Gasteiger partial charge in [-0.3, -0.25) is 14.4 Å². The van der Waals surface area contributed by atoms with Gasteiger partial charge in [-0.05, 0) is 66.4 Å². The minimum atomic E-state index is -4.85. The first-order valence-corrected chi connectivity index (χ1v) is 14.7. The van der Waals surface area contributed by atoms with Crippen LogP contribution in [0.25, 0.3) is 0 Å². The van der Waals surface area contributed by atoms with Gasteiger partial charge in [0.15, 0.2) is 11.6 Å². The number of carbonyl (C=O) groups is 3. The van der Waals surface area contributed by atoms with E-state index in [1.807, 2.05) is 0 Å². The molecule has 3 atom stereocenters. The van der Waals surface area contributed by atoms with Crippen molar-refractivity contribution in [2.75, 3.05) is 11.9 Å². The molecule has 0 aromatic heterocycles. The van der Waals surface area contributed by atoms with E-state index >= 15 is 4.39 Å². The smallest absolute Gasteiger partial charge is 0.370 e. The maximum absolute atomic E-state index is 15.3. The molecule has 0 bridgehead atoms. The summed E-state index contributed by atoms with van der Waals surface area (Å²) in [6, 6.07) is 7.61. The third kappa shape index (κ3) is 7.01. The van der Waals surface area contributed by atoms with Crippen LogP contribution in [0, 0.1) is 23.4 Å². The van der Waals surface area contributed by atoms with Crippen molar-refractivity contribution in [1.82, 2.24) is 0 Å². The minimum Gasteiger partial charge on any atom is -0.370 e. The van der Waals surface area contributed by atoms with Gasteiger partial charge in [0.1, 0.15) is 27.9 Å². The highest BCUT2D eigenvalue weighted by Crippen LogP contribution is 2.65. The lowest BCUT2D eigenvalue weighted by Gasteiger charge is -2.13. The summed E-state index contributed by atoms with van der Waals surface area (Å²) >= 11 is 18.7. The molecule has 5 nitrogen and oxygen atoms in total. The van der Waals surface area contributed by atoms with E-state index in [1.165, 1.54) is 18.2 Å². The lowest BCUT2D eigenvalue weighted by molar-refractivity contribution is -0.137. The topological polar surface area (TPSA) is 72.5 Å². The van der Waals surface area contributed by atoms with E-state index in [9.17, 15) is 36.3 Å². The highest BCUT2D eigenvalue weighted by Gasteiger charge is 2.67. The number of ketones is 2. The van der Waals surface area contributed by atoms with Crippen molar-refractivity contribution < 1.29 is 45.5 Å². The van der Waals surface area contributed by atoms with Gasteiger partial charge >= 0.3 is 6.18 Å². The van der Waals surface area contributed by atoms with Crippen molar-refractivity contribution in [1.29, 1.82) is 0 Å². The Labute approximate surface area is 267 Å². The fourth-order valence-corrected chi connectivity index (χ4v) is 6.44. The van der Waals surface area contributed by atoms with Crippen molar-refractivity contribution in [3.05, 3.63) is 98.8 Å². The molecule has 1 unspecified atom stereocenters. The molecule has 238 valence electrons. The Kier molecular flexibility index (Phi) is 9.30. The van der Waals surface area contributed by atoms with Gasteiger partial charge in [0, 0.05) is 42.2 Å². The molecule has 2 fully saturated rings. The second kappa shape index (κ2) is 12.6. The quantitative estimate of drug-likeness (QED) is 0.140. The molecule has 2 aliphatic rings. The summed E-state index contributed by atoms with van der Waals surface area (Å²) in [5.74, 6) is -7.64. The summed E-state index contributed by atoms with van der Waals surface area (Å²) in [6.45, 7) is 0.381. The van der Waals surface area contributed by atoms with Crippen LogP contribution in [0.2, 0.25) is 5.02 Å². The van der Waals surface area contributed by atoms with E-state index in [0.29, 0.717) is 31.6 Å². The predicted octanol–water partition coefficient (Wildman–Crippen LogP) is 8.02. The van der Waals surface area contributed by atoms with E-state index in [4.69, 9.17) is 39.5 Å². The van der Waals surface area contributed by atoms with Crippen LogP contribution in [0.3, 0.4) is 0 Å². The number of Topliss-reactive ketones (excluding diaryl/α,β-unsaturated/α-hetero) is 2. The van der Waals surface area contributed by atoms with Crippen LogP contribution in [0.1, 0.15) is 51.4 Å². The lowest BCUT2D eigenvalue weighted by Crippen LogP contribution is -2.23. The first-order chi connectivity index (χ1) is 21.1. The van der Waals surface area contributed by atoms with E-state index in [2.05, 4.69) is 5.32 Å². The average Bonchev–Trinajstić information content (AvgIpc) is 3.26. The number of carbonyl (C=O) groups excluding carboxylic acids is 3. The molecular weight excluding hydrogens is 671 g/mol. The summed E-state index contributed by atoms with van der Waals surface area (Å²) in [7, 11) is 0. The van der Waals surface area contributed by atoms with Crippen LogP contribution >= 0.6 is 34.8 Å². The standard InChI is InChI=1S/C31H22Cl3F6NO4/c32-21-5-4-18(41-29(44)27-26(30(27,33)34)15-8-16(31(38,39)40)11-17(35)9-15)12-19(21)23(42)10-14-3-6-22(36)20(28(14)37)13-24(43)25-2-1-7-45-25/h3-6,8-9,11-12,25-27H,1-2,7,10,13H2,(H,41,44)/t25?,26-,27+/m0/s1. The highest BCUT2D eigenvalue weighted by molar-refractivity contribution is 6.53. The van der Waals surface area contributed by atoms with E-state index in [-0.39, 0.29) is 27.4 Å². The van der Waals surface area contributed by atoms with E-state index in [0.717, 1.165) is 18.2 Å². The zero-order valence-corrected chi connectivity index (χ0v) is 25.2.